The Morgan fingerprint density at radius 2 is 1.43 bits per heavy atom. The van der Waals surface area contributed by atoms with Gasteiger partial charge in [0.2, 0.25) is 0 Å². The zero-order chi connectivity index (χ0) is 20.5. The molecule has 1 heterocycles. The molecular weight excluding hydrogens is 374 g/mol. The molecule has 4 aromatic carbocycles. The molecule has 144 valence electrons. The monoisotopic (exact) mass is 391 g/mol. The second-order valence-electron chi connectivity index (χ2n) is 6.95. The maximum Gasteiger partial charge on any atom is 0.277 e. The number of nitro groups is 1. The van der Waals surface area contributed by atoms with Gasteiger partial charge in [0.15, 0.2) is 0 Å². The number of nitrogens with zero attached hydrogens (tertiary/aromatic N) is 3. The van der Waals surface area contributed by atoms with Crippen LogP contribution in [0.4, 0.5) is 5.69 Å². The number of hydrogen-bond donors (Lipinski definition) is 0. The Labute approximate surface area is 173 Å². The van der Waals surface area contributed by atoms with Gasteiger partial charge in [0.05, 0.1) is 21.5 Å². The summed E-state index contributed by atoms with van der Waals surface area (Å²) in [7, 11) is 0. The van der Waals surface area contributed by atoms with Crippen LogP contribution in [0.25, 0.3) is 39.2 Å². The first-order valence-electron chi connectivity index (χ1n) is 9.59. The first kappa shape index (κ1) is 17.8. The van der Waals surface area contributed by atoms with E-state index in [2.05, 4.69) is 4.57 Å². The van der Waals surface area contributed by atoms with Gasteiger partial charge in [-0.2, -0.15) is 0 Å². The van der Waals surface area contributed by atoms with Crippen molar-refractivity contribution in [2.24, 2.45) is 0 Å². The number of aromatic nitrogens is 2. The Kier molecular flexibility index (Phi) is 4.33. The van der Waals surface area contributed by atoms with Crippen LogP contribution in [0.2, 0.25) is 0 Å². The van der Waals surface area contributed by atoms with Crippen molar-refractivity contribution in [3.05, 3.63) is 113 Å². The van der Waals surface area contributed by atoms with E-state index in [1.165, 1.54) is 6.07 Å². The average molecular weight is 391 g/mol. The predicted molar refractivity (Wildman–Crippen MR) is 119 cm³/mol. The summed E-state index contributed by atoms with van der Waals surface area (Å²) in [6, 6.07) is 32.6. The molecule has 5 heteroatoms. The zero-order valence-corrected chi connectivity index (χ0v) is 16.0. The van der Waals surface area contributed by atoms with Crippen LogP contribution in [-0.2, 0) is 0 Å². The van der Waals surface area contributed by atoms with Crippen molar-refractivity contribution in [1.82, 2.24) is 9.55 Å². The molecule has 0 bridgehead atoms. The minimum atomic E-state index is -0.343. The third-order valence-electron chi connectivity index (χ3n) is 5.11. The molecule has 5 nitrogen and oxygen atoms in total. The van der Waals surface area contributed by atoms with Crippen LogP contribution in [0.1, 0.15) is 0 Å². The number of nitro benzene ring substituents is 1. The number of imidazole rings is 1. The molecule has 30 heavy (non-hydrogen) atoms. The van der Waals surface area contributed by atoms with Crippen LogP contribution in [0.15, 0.2) is 103 Å². The van der Waals surface area contributed by atoms with Gasteiger partial charge in [0.1, 0.15) is 5.82 Å². The first-order chi connectivity index (χ1) is 14.7. The topological polar surface area (TPSA) is 61.0 Å². The van der Waals surface area contributed by atoms with E-state index in [0.29, 0.717) is 5.56 Å². The van der Waals surface area contributed by atoms with E-state index in [0.717, 1.165) is 33.7 Å². The van der Waals surface area contributed by atoms with Gasteiger partial charge in [0.25, 0.3) is 5.69 Å². The molecule has 5 aromatic rings. The maximum absolute atomic E-state index is 11.5. The highest BCUT2D eigenvalue weighted by molar-refractivity contribution is 5.84. The third-order valence-corrected chi connectivity index (χ3v) is 5.11. The number of fused-ring (bicyclic) bond motifs is 1. The summed E-state index contributed by atoms with van der Waals surface area (Å²) in [4.78, 5) is 16.0. The Balaban J connectivity index is 1.75. The number of para-hydroxylation sites is 3. The van der Waals surface area contributed by atoms with Crippen LogP contribution in [0, 0.1) is 10.1 Å². The molecule has 0 aliphatic carbocycles. The molecule has 0 spiro atoms. The van der Waals surface area contributed by atoms with Gasteiger partial charge < -0.3 is 0 Å². The lowest BCUT2D eigenvalue weighted by molar-refractivity contribution is -0.384. The van der Waals surface area contributed by atoms with E-state index in [9.17, 15) is 10.1 Å². The predicted octanol–water partition coefficient (Wildman–Crippen LogP) is 6.27. The highest BCUT2D eigenvalue weighted by Gasteiger charge is 2.17. The van der Waals surface area contributed by atoms with Crippen molar-refractivity contribution >= 4 is 16.7 Å². The number of benzene rings is 4. The first-order valence-corrected chi connectivity index (χ1v) is 9.59. The fourth-order valence-electron chi connectivity index (χ4n) is 3.76. The van der Waals surface area contributed by atoms with E-state index in [-0.39, 0.29) is 10.6 Å². The van der Waals surface area contributed by atoms with Crippen LogP contribution < -0.4 is 0 Å². The SMILES string of the molecule is O=[N+]([O-])c1ccccc1-c1cccc(-n2c(-c3ccccc3)nc3ccccc32)c1. The van der Waals surface area contributed by atoms with E-state index < -0.39 is 0 Å². The standard InChI is InChI=1S/C25H17N3O2/c29-28(30)23-15-6-4-13-21(23)19-11-8-12-20(17-19)27-24-16-7-5-14-22(24)26-25(27)18-9-2-1-3-10-18/h1-17H. The summed E-state index contributed by atoms with van der Waals surface area (Å²) in [5.74, 6) is 0.830. The molecule has 0 radical (unpaired) electrons. The van der Waals surface area contributed by atoms with E-state index in [1.807, 2.05) is 84.9 Å². The summed E-state index contributed by atoms with van der Waals surface area (Å²) in [6.45, 7) is 0. The lowest BCUT2D eigenvalue weighted by Gasteiger charge is -2.12. The minimum absolute atomic E-state index is 0.0911. The van der Waals surface area contributed by atoms with Crippen molar-refractivity contribution in [3.63, 3.8) is 0 Å². The zero-order valence-electron chi connectivity index (χ0n) is 16.0. The Morgan fingerprint density at radius 3 is 2.27 bits per heavy atom. The van der Waals surface area contributed by atoms with Gasteiger partial charge in [-0.05, 0) is 35.9 Å². The molecule has 0 saturated heterocycles. The summed E-state index contributed by atoms with van der Waals surface area (Å²) in [5, 5.41) is 11.5. The normalized spacial score (nSPS) is 10.9. The van der Waals surface area contributed by atoms with Crippen LogP contribution in [-0.4, -0.2) is 14.5 Å². The van der Waals surface area contributed by atoms with Crippen molar-refractivity contribution in [2.75, 3.05) is 0 Å². The number of rotatable bonds is 4. The smallest absolute Gasteiger partial charge is 0.277 e. The maximum atomic E-state index is 11.5. The molecule has 0 unspecified atom stereocenters. The second kappa shape index (κ2) is 7.29. The molecule has 5 rings (SSSR count). The molecule has 0 fully saturated rings. The highest BCUT2D eigenvalue weighted by Crippen LogP contribution is 2.33. The van der Waals surface area contributed by atoms with Crippen LogP contribution in [0.3, 0.4) is 0 Å². The Morgan fingerprint density at radius 1 is 0.733 bits per heavy atom. The fourth-order valence-corrected chi connectivity index (χ4v) is 3.76. The van der Waals surface area contributed by atoms with E-state index in [4.69, 9.17) is 4.98 Å². The summed E-state index contributed by atoms with van der Waals surface area (Å²) < 4.78 is 2.10. The minimum Gasteiger partial charge on any atom is -0.292 e. The van der Waals surface area contributed by atoms with Crippen molar-refractivity contribution < 1.29 is 4.92 Å². The molecule has 0 saturated carbocycles. The quantitative estimate of drug-likeness (QED) is 0.268. The van der Waals surface area contributed by atoms with E-state index >= 15 is 0 Å². The molecule has 0 atom stereocenters. The molecular formula is C25H17N3O2. The van der Waals surface area contributed by atoms with Gasteiger partial charge in [-0.3, -0.25) is 14.7 Å². The van der Waals surface area contributed by atoms with E-state index in [1.54, 1.807) is 12.1 Å². The molecule has 0 N–H and O–H groups in total. The largest absolute Gasteiger partial charge is 0.292 e. The Bertz CT molecular complexity index is 1370. The summed E-state index contributed by atoms with van der Waals surface area (Å²) in [5.41, 5.74) is 5.26. The van der Waals surface area contributed by atoms with Crippen LogP contribution in [0.5, 0.6) is 0 Å². The van der Waals surface area contributed by atoms with Crippen LogP contribution >= 0.6 is 0 Å². The number of hydrogen-bond acceptors (Lipinski definition) is 3. The van der Waals surface area contributed by atoms with Gasteiger partial charge in [-0.15, -0.1) is 0 Å². The van der Waals surface area contributed by atoms with Crippen molar-refractivity contribution in [3.8, 4) is 28.2 Å². The van der Waals surface area contributed by atoms with Gasteiger partial charge >= 0.3 is 0 Å². The van der Waals surface area contributed by atoms with Gasteiger partial charge in [-0.1, -0.05) is 66.7 Å². The molecule has 0 aliphatic rings. The third kappa shape index (κ3) is 3.02. The average Bonchev–Trinajstić information content (AvgIpc) is 3.19. The highest BCUT2D eigenvalue weighted by atomic mass is 16.6. The lowest BCUT2D eigenvalue weighted by atomic mass is 10.0. The van der Waals surface area contributed by atoms with Crippen molar-refractivity contribution in [2.45, 2.75) is 0 Å². The lowest BCUT2D eigenvalue weighted by Crippen LogP contribution is -1.98. The van der Waals surface area contributed by atoms with Gasteiger partial charge in [0, 0.05) is 17.3 Å². The van der Waals surface area contributed by atoms with Crippen molar-refractivity contribution in [1.29, 1.82) is 0 Å². The summed E-state index contributed by atoms with van der Waals surface area (Å²) >= 11 is 0. The molecule has 0 amide bonds. The second-order valence-corrected chi connectivity index (χ2v) is 6.95. The fraction of sp³-hybridized carbons (Fsp3) is 0. The summed E-state index contributed by atoms with van der Waals surface area (Å²) in [6.07, 6.45) is 0. The van der Waals surface area contributed by atoms with Gasteiger partial charge in [-0.25, -0.2) is 4.98 Å². The molecule has 1 aromatic heterocycles. The Hall–Kier alpha value is -4.25. The molecule has 0 aliphatic heterocycles.